The van der Waals surface area contributed by atoms with Gasteiger partial charge in [0.1, 0.15) is 5.75 Å². The van der Waals surface area contributed by atoms with E-state index in [0.717, 1.165) is 12.5 Å². The molecular weight excluding hydrogens is 274 g/mol. The summed E-state index contributed by atoms with van der Waals surface area (Å²) in [6.45, 7) is -0.591. The minimum atomic E-state index is -1.17. The van der Waals surface area contributed by atoms with Crippen molar-refractivity contribution in [1.29, 1.82) is 0 Å². The van der Waals surface area contributed by atoms with Crippen LogP contribution in [0, 0.1) is 0 Å². The number of amides is 1. The predicted molar refractivity (Wildman–Crippen MR) is 76.0 cm³/mol. The average molecular weight is 289 g/mol. The van der Waals surface area contributed by atoms with Gasteiger partial charge in [0, 0.05) is 5.39 Å². The molecule has 110 valence electrons. The Morgan fingerprint density at radius 1 is 1.24 bits per heavy atom. The first-order valence-corrected chi connectivity index (χ1v) is 6.28. The van der Waals surface area contributed by atoms with Crippen LogP contribution in [0.3, 0.4) is 0 Å². The van der Waals surface area contributed by atoms with E-state index in [9.17, 15) is 14.7 Å². The first-order chi connectivity index (χ1) is 10.1. The van der Waals surface area contributed by atoms with E-state index in [4.69, 9.17) is 5.11 Å². The summed E-state index contributed by atoms with van der Waals surface area (Å²) in [5.41, 5.74) is 0.0241. The third-order valence-corrected chi connectivity index (χ3v) is 3.12. The standard InChI is InChI=1S/C15H15NO5/c1-21-15(20)12(8-17)16-14(19)11-7-6-9-4-2-3-5-10(9)13(11)18/h2-7,12,17-18H,8H2,1H3,(H,16,19). The van der Waals surface area contributed by atoms with Gasteiger partial charge < -0.3 is 20.3 Å². The summed E-state index contributed by atoms with van der Waals surface area (Å²) in [6.07, 6.45) is 0. The Kier molecular flexibility index (Phi) is 4.39. The monoisotopic (exact) mass is 289 g/mol. The number of phenols is 1. The molecule has 1 atom stereocenters. The van der Waals surface area contributed by atoms with Crippen molar-refractivity contribution in [2.45, 2.75) is 6.04 Å². The van der Waals surface area contributed by atoms with Crippen LogP contribution in [0.4, 0.5) is 0 Å². The van der Waals surface area contributed by atoms with Gasteiger partial charge in [-0.1, -0.05) is 30.3 Å². The predicted octanol–water partition coefficient (Wildman–Crippen LogP) is 0.809. The maximum Gasteiger partial charge on any atom is 0.330 e. The van der Waals surface area contributed by atoms with Crippen molar-refractivity contribution in [1.82, 2.24) is 5.32 Å². The number of carbonyl (C=O) groups is 2. The van der Waals surface area contributed by atoms with Gasteiger partial charge in [-0.25, -0.2) is 4.79 Å². The fourth-order valence-corrected chi connectivity index (χ4v) is 2.00. The first kappa shape index (κ1) is 14.8. The van der Waals surface area contributed by atoms with E-state index in [0.29, 0.717) is 5.39 Å². The van der Waals surface area contributed by atoms with Crippen molar-refractivity contribution < 1.29 is 24.5 Å². The Balaban J connectivity index is 2.31. The van der Waals surface area contributed by atoms with Crippen LogP contribution in [0.5, 0.6) is 5.75 Å². The minimum absolute atomic E-state index is 0.0241. The number of fused-ring (bicyclic) bond motifs is 1. The molecule has 0 aliphatic carbocycles. The maximum atomic E-state index is 12.1. The van der Waals surface area contributed by atoms with Crippen LogP contribution < -0.4 is 5.32 Å². The summed E-state index contributed by atoms with van der Waals surface area (Å²) >= 11 is 0. The number of aliphatic hydroxyl groups excluding tert-OH is 1. The number of aliphatic hydroxyl groups is 1. The van der Waals surface area contributed by atoms with E-state index in [1.54, 1.807) is 18.2 Å². The third-order valence-electron chi connectivity index (χ3n) is 3.12. The van der Waals surface area contributed by atoms with Gasteiger partial charge in [-0.05, 0) is 11.5 Å². The van der Waals surface area contributed by atoms with Crippen LogP contribution in [0.2, 0.25) is 0 Å². The molecule has 0 saturated carbocycles. The molecule has 1 unspecified atom stereocenters. The second-order valence-electron chi connectivity index (χ2n) is 4.41. The fourth-order valence-electron chi connectivity index (χ4n) is 2.00. The summed E-state index contributed by atoms with van der Waals surface area (Å²) in [5.74, 6) is -1.60. The van der Waals surface area contributed by atoms with E-state index in [-0.39, 0.29) is 11.3 Å². The smallest absolute Gasteiger partial charge is 0.330 e. The third kappa shape index (κ3) is 2.95. The van der Waals surface area contributed by atoms with Crippen LogP contribution in [0.15, 0.2) is 36.4 Å². The van der Waals surface area contributed by atoms with E-state index in [1.165, 1.54) is 6.07 Å². The molecule has 0 fully saturated rings. The lowest BCUT2D eigenvalue weighted by Crippen LogP contribution is -2.44. The molecule has 6 nitrogen and oxygen atoms in total. The number of ether oxygens (including phenoxy) is 1. The number of benzene rings is 2. The molecule has 0 bridgehead atoms. The Bertz CT molecular complexity index is 683. The lowest BCUT2D eigenvalue weighted by atomic mass is 10.0. The van der Waals surface area contributed by atoms with Gasteiger partial charge in [0.25, 0.3) is 5.91 Å². The van der Waals surface area contributed by atoms with Crippen molar-refractivity contribution >= 4 is 22.6 Å². The summed E-state index contributed by atoms with van der Waals surface area (Å²) in [6, 6.07) is 9.03. The highest BCUT2D eigenvalue weighted by atomic mass is 16.5. The normalized spacial score (nSPS) is 11.9. The Hall–Kier alpha value is -2.60. The SMILES string of the molecule is COC(=O)C(CO)NC(=O)c1ccc2ccccc2c1O. The lowest BCUT2D eigenvalue weighted by Gasteiger charge is -2.15. The largest absolute Gasteiger partial charge is 0.506 e. The van der Waals surface area contributed by atoms with Crippen molar-refractivity contribution in [3.05, 3.63) is 42.0 Å². The molecule has 0 aliphatic rings. The molecule has 3 N–H and O–H groups in total. The average Bonchev–Trinajstić information content (AvgIpc) is 2.52. The molecule has 0 spiro atoms. The summed E-state index contributed by atoms with van der Waals surface area (Å²) < 4.78 is 4.46. The zero-order chi connectivity index (χ0) is 15.4. The topological polar surface area (TPSA) is 95.9 Å². The van der Waals surface area contributed by atoms with Crippen molar-refractivity contribution in [2.24, 2.45) is 0 Å². The summed E-state index contributed by atoms with van der Waals surface area (Å²) in [4.78, 5) is 23.5. The van der Waals surface area contributed by atoms with Crippen LogP contribution in [-0.2, 0) is 9.53 Å². The zero-order valence-electron chi connectivity index (χ0n) is 11.4. The molecule has 21 heavy (non-hydrogen) atoms. The van der Waals surface area contributed by atoms with E-state index in [2.05, 4.69) is 10.1 Å². The summed E-state index contributed by atoms with van der Waals surface area (Å²) in [7, 11) is 1.16. The second kappa shape index (κ2) is 6.23. The number of hydrogen-bond acceptors (Lipinski definition) is 5. The number of rotatable bonds is 4. The number of methoxy groups -OCH3 is 1. The van der Waals surface area contributed by atoms with E-state index < -0.39 is 24.5 Å². The Morgan fingerprint density at radius 2 is 1.95 bits per heavy atom. The fraction of sp³-hybridized carbons (Fsp3) is 0.200. The molecule has 6 heteroatoms. The maximum absolute atomic E-state index is 12.1. The van der Waals surface area contributed by atoms with Crippen LogP contribution in [0.25, 0.3) is 10.8 Å². The highest BCUT2D eigenvalue weighted by Gasteiger charge is 2.23. The Labute approximate surface area is 121 Å². The molecular formula is C15H15NO5. The highest BCUT2D eigenvalue weighted by Crippen LogP contribution is 2.28. The van der Waals surface area contributed by atoms with Gasteiger partial charge in [-0.15, -0.1) is 0 Å². The lowest BCUT2D eigenvalue weighted by molar-refractivity contribution is -0.143. The number of carbonyl (C=O) groups excluding carboxylic acids is 2. The molecule has 2 rings (SSSR count). The molecule has 0 aliphatic heterocycles. The van der Waals surface area contributed by atoms with Gasteiger partial charge in [0.15, 0.2) is 6.04 Å². The minimum Gasteiger partial charge on any atom is -0.506 e. The van der Waals surface area contributed by atoms with Crippen LogP contribution >= 0.6 is 0 Å². The molecule has 0 heterocycles. The molecule has 2 aromatic rings. The van der Waals surface area contributed by atoms with Crippen LogP contribution in [0.1, 0.15) is 10.4 Å². The van der Waals surface area contributed by atoms with Gasteiger partial charge in [0.05, 0.1) is 19.3 Å². The number of phenolic OH excluding ortho intramolecular Hbond substituents is 1. The van der Waals surface area contributed by atoms with Gasteiger partial charge in [0.2, 0.25) is 0 Å². The van der Waals surface area contributed by atoms with Crippen molar-refractivity contribution in [3.63, 3.8) is 0 Å². The number of hydrogen-bond donors (Lipinski definition) is 3. The quantitative estimate of drug-likeness (QED) is 0.724. The molecule has 2 aromatic carbocycles. The molecule has 0 aromatic heterocycles. The van der Waals surface area contributed by atoms with Crippen molar-refractivity contribution in [3.8, 4) is 5.75 Å². The second-order valence-corrected chi connectivity index (χ2v) is 4.41. The molecule has 1 amide bonds. The van der Waals surface area contributed by atoms with Gasteiger partial charge in [-0.3, -0.25) is 4.79 Å². The Morgan fingerprint density at radius 3 is 2.62 bits per heavy atom. The van der Waals surface area contributed by atoms with Gasteiger partial charge >= 0.3 is 5.97 Å². The number of nitrogens with one attached hydrogen (secondary N) is 1. The summed E-state index contributed by atoms with van der Waals surface area (Å²) in [5, 5.41) is 22.9. The van der Waals surface area contributed by atoms with Gasteiger partial charge in [-0.2, -0.15) is 0 Å². The van der Waals surface area contributed by atoms with Crippen molar-refractivity contribution in [2.75, 3.05) is 13.7 Å². The number of esters is 1. The van der Waals surface area contributed by atoms with E-state index in [1.807, 2.05) is 12.1 Å². The number of aromatic hydroxyl groups is 1. The van der Waals surface area contributed by atoms with Crippen LogP contribution in [-0.4, -0.2) is 41.8 Å². The first-order valence-electron chi connectivity index (χ1n) is 6.28. The molecule has 0 saturated heterocycles. The molecule has 0 radical (unpaired) electrons. The van der Waals surface area contributed by atoms with E-state index >= 15 is 0 Å². The highest BCUT2D eigenvalue weighted by molar-refractivity contribution is 6.04. The zero-order valence-corrected chi connectivity index (χ0v) is 11.4.